The van der Waals surface area contributed by atoms with Gasteiger partial charge >= 0.3 is 0 Å². The van der Waals surface area contributed by atoms with Crippen LogP contribution in [-0.2, 0) is 15.7 Å². The van der Waals surface area contributed by atoms with Gasteiger partial charge in [0.05, 0.1) is 11.6 Å². The molecule has 1 saturated carbocycles. The second-order valence-electron chi connectivity index (χ2n) is 6.38. The summed E-state index contributed by atoms with van der Waals surface area (Å²) in [5.41, 5.74) is 1.78. The van der Waals surface area contributed by atoms with Crippen LogP contribution >= 0.6 is 15.9 Å². The zero-order valence-corrected chi connectivity index (χ0v) is 14.0. The number of rotatable bonds is 3. The SMILES string of the molecule is COc1c(Br)cc(C(C)(C)C)cc1C1(N=C=O)CCC1. The second-order valence-corrected chi connectivity index (χ2v) is 7.23. The van der Waals surface area contributed by atoms with Crippen LogP contribution in [0.15, 0.2) is 21.6 Å². The molecule has 0 saturated heterocycles. The van der Waals surface area contributed by atoms with E-state index in [1.165, 1.54) is 5.56 Å². The van der Waals surface area contributed by atoms with E-state index in [2.05, 4.69) is 53.8 Å². The molecule has 0 unspecified atom stereocenters. The van der Waals surface area contributed by atoms with Crippen molar-refractivity contribution in [3.05, 3.63) is 27.7 Å². The van der Waals surface area contributed by atoms with Crippen LogP contribution in [0.4, 0.5) is 0 Å². The van der Waals surface area contributed by atoms with Crippen molar-refractivity contribution >= 4 is 22.0 Å². The van der Waals surface area contributed by atoms with Crippen molar-refractivity contribution in [2.45, 2.75) is 51.0 Å². The van der Waals surface area contributed by atoms with Crippen molar-refractivity contribution in [1.82, 2.24) is 0 Å². The third-order valence-corrected chi connectivity index (χ3v) is 4.64. The molecule has 0 radical (unpaired) electrons. The van der Waals surface area contributed by atoms with Crippen molar-refractivity contribution in [3.8, 4) is 5.75 Å². The Morgan fingerprint density at radius 2 is 2.00 bits per heavy atom. The van der Waals surface area contributed by atoms with Crippen LogP contribution in [0, 0.1) is 0 Å². The summed E-state index contributed by atoms with van der Waals surface area (Å²) in [5.74, 6) is 0.775. The smallest absolute Gasteiger partial charge is 0.235 e. The highest BCUT2D eigenvalue weighted by Gasteiger charge is 2.42. The molecule has 0 aliphatic heterocycles. The molecule has 1 aromatic carbocycles. The molecular formula is C16H20BrNO2. The van der Waals surface area contributed by atoms with Crippen molar-refractivity contribution in [3.63, 3.8) is 0 Å². The maximum atomic E-state index is 10.8. The van der Waals surface area contributed by atoms with Gasteiger partial charge in [-0.05, 0) is 58.3 Å². The van der Waals surface area contributed by atoms with Crippen LogP contribution in [0.1, 0.15) is 51.2 Å². The summed E-state index contributed by atoms with van der Waals surface area (Å²) in [6.45, 7) is 6.50. The molecule has 1 aliphatic rings. The number of isocyanates is 1. The van der Waals surface area contributed by atoms with E-state index in [-0.39, 0.29) is 5.41 Å². The third kappa shape index (κ3) is 2.55. The monoisotopic (exact) mass is 337 g/mol. The van der Waals surface area contributed by atoms with Crippen molar-refractivity contribution < 1.29 is 9.53 Å². The molecule has 1 aliphatic carbocycles. The highest BCUT2D eigenvalue weighted by molar-refractivity contribution is 9.10. The highest BCUT2D eigenvalue weighted by Crippen LogP contribution is 2.50. The Morgan fingerprint density at radius 1 is 1.35 bits per heavy atom. The van der Waals surface area contributed by atoms with Gasteiger partial charge in [0, 0.05) is 5.56 Å². The average Bonchev–Trinajstić information content (AvgIpc) is 2.31. The number of halogens is 1. The van der Waals surface area contributed by atoms with Gasteiger partial charge in [-0.3, -0.25) is 0 Å². The van der Waals surface area contributed by atoms with Gasteiger partial charge in [-0.25, -0.2) is 4.79 Å². The van der Waals surface area contributed by atoms with E-state index in [0.29, 0.717) is 0 Å². The first-order valence-electron chi connectivity index (χ1n) is 6.81. The number of hydrogen-bond donors (Lipinski definition) is 0. The lowest BCUT2D eigenvalue weighted by Crippen LogP contribution is -2.33. The summed E-state index contributed by atoms with van der Waals surface area (Å²) in [4.78, 5) is 14.9. The van der Waals surface area contributed by atoms with Gasteiger partial charge < -0.3 is 4.74 Å². The van der Waals surface area contributed by atoms with E-state index < -0.39 is 5.54 Å². The first kappa shape index (κ1) is 15.3. The average molecular weight is 338 g/mol. The molecule has 0 bridgehead atoms. The molecule has 0 aromatic heterocycles. The zero-order valence-electron chi connectivity index (χ0n) is 12.4. The number of nitrogens with zero attached hydrogens (tertiary/aromatic N) is 1. The van der Waals surface area contributed by atoms with Gasteiger partial charge in [0.25, 0.3) is 0 Å². The van der Waals surface area contributed by atoms with Crippen LogP contribution in [0.2, 0.25) is 0 Å². The molecule has 108 valence electrons. The molecule has 0 amide bonds. The van der Waals surface area contributed by atoms with Gasteiger partial charge in [-0.2, -0.15) is 4.99 Å². The molecule has 20 heavy (non-hydrogen) atoms. The lowest BCUT2D eigenvalue weighted by molar-refractivity contribution is 0.245. The number of aliphatic imine (C=N–C) groups is 1. The topological polar surface area (TPSA) is 38.7 Å². The number of methoxy groups -OCH3 is 1. The maximum absolute atomic E-state index is 10.8. The minimum atomic E-state index is -0.448. The fourth-order valence-corrected chi connectivity index (χ4v) is 3.24. The van der Waals surface area contributed by atoms with E-state index in [1.54, 1.807) is 13.2 Å². The molecule has 0 spiro atoms. The minimum Gasteiger partial charge on any atom is -0.495 e. The van der Waals surface area contributed by atoms with Crippen LogP contribution in [0.25, 0.3) is 0 Å². The largest absolute Gasteiger partial charge is 0.495 e. The predicted octanol–water partition coefficient (Wildman–Crippen LogP) is 4.47. The number of ether oxygens (including phenoxy) is 1. The van der Waals surface area contributed by atoms with E-state index >= 15 is 0 Å². The lowest BCUT2D eigenvalue weighted by atomic mass is 9.70. The first-order valence-corrected chi connectivity index (χ1v) is 7.61. The minimum absolute atomic E-state index is 0.0272. The summed E-state index contributed by atoms with van der Waals surface area (Å²) in [7, 11) is 1.65. The molecule has 2 rings (SSSR count). The van der Waals surface area contributed by atoms with Crippen molar-refractivity contribution in [2.75, 3.05) is 7.11 Å². The summed E-state index contributed by atoms with van der Waals surface area (Å²) < 4.78 is 6.45. The Balaban J connectivity index is 2.66. The molecule has 4 heteroatoms. The van der Waals surface area contributed by atoms with E-state index in [1.807, 2.05) is 0 Å². The molecule has 1 fully saturated rings. The fraction of sp³-hybridized carbons (Fsp3) is 0.562. The fourth-order valence-electron chi connectivity index (χ4n) is 2.62. The van der Waals surface area contributed by atoms with Crippen molar-refractivity contribution in [2.24, 2.45) is 4.99 Å². The first-order chi connectivity index (χ1) is 9.34. The number of hydrogen-bond acceptors (Lipinski definition) is 3. The van der Waals surface area contributed by atoms with Gasteiger partial charge in [-0.15, -0.1) is 0 Å². The molecule has 0 N–H and O–H groups in total. The molecule has 0 heterocycles. The third-order valence-electron chi connectivity index (χ3n) is 4.06. The summed E-state index contributed by atoms with van der Waals surface area (Å²) in [6.07, 6.45) is 4.56. The Hall–Kier alpha value is -1.12. The van der Waals surface area contributed by atoms with Gasteiger partial charge in [-0.1, -0.05) is 20.8 Å². The molecule has 0 atom stereocenters. The zero-order chi connectivity index (χ0) is 15.0. The van der Waals surface area contributed by atoms with Crippen LogP contribution in [-0.4, -0.2) is 13.2 Å². The summed E-state index contributed by atoms with van der Waals surface area (Å²) in [5, 5.41) is 0. The lowest BCUT2D eigenvalue weighted by Gasteiger charge is -2.39. The normalized spacial score (nSPS) is 17.1. The molecule has 1 aromatic rings. The summed E-state index contributed by atoms with van der Waals surface area (Å²) >= 11 is 3.58. The molecule has 3 nitrogen and oxygen atoms in total. The van der Waals surface area contributed by atoms with Gasteiger partial charge in [0.2, 0.25) is 6.08 Å². The quantitative estimate of drug-likeness (QED) is 0.602. The van der Waals surface area contributed by atoms with Crippen LogP contribution in [0.3, 0.4) is 0 Å². The van der Waals surface area contributed by atoms with Gasteiger partial charge in [0.15, 0.2) is 0 Å². The van der Waals surface area contributed by atoms with E-state index in [9.17, 15) is 4.79 Å². The number of benzene rings is 1. The van der Waals surface area contributed by atoms with Crippen LogP contribution < -0.4 is 4.74 Å². The maximum Gasteiger partial charge on any atom is 0.235 e. The second kappa shape index (κ2) is 5.34. The van der Waals surface area contributed by atoms with Crippen molar-refractivity contribution in [1.29, 1.82) is 0 Å². The van der Waals surface area contributed by atoms with Gasteiger partial charge in [0.1, 0.15) is 11.3 Å². The Labute approximate surface area is 128 Å². The molecular weight excluding hydrogens is 318 g/mol. The highest BCUT2D eigenvalue weighted by atomic mass is 79.9. The number of carbonyl (C=O) groups excluding carboxylic acids is 1. The summed E-state index contributed by atoms with van der Waals surface area (Å²) in [6, 6.07) is 4.21. The van der Waals surface area contributed by atoms with Crippen LogP contribution in [0.5, 0.6) is 5.75 Å². The van der Waals surface area contributed by atoms with E-state index in [4.69, 9.17) is 4.74 Å². The van der Waals surface area contributed by atoms with E-state index in [0.717, 1.165) is 35.0 Å². The standard InChI is InChI=1S/C16H20BrNO2/c1-15(2,3)11-8-12(14(20-4)13(17)9-11)16(18-10-19)6-5-7-16/h8-9H,5-7H2,1-4H3. The Kier molecular flexibility index (Phi) is 4.08. The Bertz CT molecular complexity index is 565. The predicted molar refractivity (Wildman–Crippen MR) is 83.0 cm³/mol. The Morgan fingerprint density at radius 3 is 2.40 bits per heavy atom.